The zero-order valence-electron chi connectivity index (χ0n) is 22.7. The van der Waals surface area contributed by atoms with Crippen LogP contribution in [0, 0.1) is 5.82 Å². The first kappa shape index (κ1) is 27.7. The highest BCUT2D eigenvalue weighted by Crippen LogP contribution is 2.46. The van der Waals surface area contributed by atoms with Crippen molar-refractivity contribution >= 4 is 46.6 Å². The molecule has 0 aliphatic carbocycles. The number of fused-ring (bicyclic) bond motifs is 6. The van der Waals surface area contributed by atoms with Crippen molar-refractivity contribution in [3.8, 4) is 11.1 Å². The SMILES string of the molecule is Nc1ccc2c(c1)NC(=O)CC/C=C\C[C@@H](C(=O)N1CCC[C@@]3(C1)OC(=O)Nc1ccc(Cl)c(F)c13)c1cc-2ccn1. The second kappa shape index (κ2) is 11.1. The fourth-order valence-corrected chi connectivity index (χ4v) is 6.19. The number of pyridine rings is 1. The third-order valence-electron chi connectivity index (χ3n) is 7.98. The van der Waals surface area contributed by atoms with Gasteiger partial charge in [-0.05, 0) is 67.6 Å². The molecule has 42 heavy (non-hydrogen) atoms. The first-order valence-electron chi connectivity index (χ1n) is 13.8. The number of nitrogens with one attached hydrogen (secondary N) is 2. The van der Waals surface area contributed by atoms with Gasteiger partial charge >= 0.3 is 6.09 Å². The van der Waals surface area contributed by atoms with Gasteiger partial charge in [-0.25, -0.2) is 9.18 Å². The highest BCUT2D eigenvalue weighted by molar-refractivity contribution is 6.31. The lowest BCUT2D eigenvalue weighted by molar-refractivity contribution is -0.141. The van der Waals surface area contributed by atoms with Gasteiger partial charge in [0.1, 0.15) is 0 Å². The summed E-state index contributed by atoms with van der Waals surface area (Å²) in [6.45, 7) is 0.382. The Morgan fingerprint density at radius 3 is 2.83 bits per heavy atom. The maximum absolute atomic E-state index is 15.4. The summed E-state index contributed by atoms with van der Waals surface area (Å²) in [7, 11) is 0. The number of benzene rings is 2. The third kappa shape index (κ3) is 5.18. The Labute approximate surface area is 246 Å². The van der Waals surface area contributed by atoms with Crippen LogP contribution in [-0.4, -0.2) is 40.9 Å². The van der Waals surface area contributed by atoms with E-state index in [9.17, 15) is 14.4 Å². The van der Waals surface area contributed by atoms with E-state index in [1.165, 1.54) is 6.07 Å². The van der Waals surface area contributed by atoms with Gasteiger partial charge in [-0.15, -0.1) is 0 Å². The van der Waals surface area contributed by atoms with Crippen LogP contribution in [0.1, 0.15) is 49.3 Å². The van der Waals surface area contributed by atoms with E-state index >= 15 is 4.39 Å². The van der Waals surface area contributed by atoms with E-state index in [1.807, 2.05) is 30.4 Å². The normalized spacial score (nSPS) is 22.7. The lowest BCUT2D eigenvalue weighted by atomic mass is 9.82. The number of carbonyl (C=O) groups is 3. The van der Waals surface area contributed by atoms with Gasteiger partial charge in [0.2, 0.25) is 11.8 Å². The monoisotopic (exact) mass is 589 g/mol. The van der Waals surface area contributed by atoms with Crippen LogP contribution in [0.25, 0.3) is 11.1 Å². The van der Waals surface area contributed by atoms with E-state index in [-0.39, 0.29) is 41.1 Å². The van der Waals surface area contributed by atoms with Gasteiger partial charge in [0.15, 0.2) is 11.4 Å². The average molecular weight is 590 g/mol. The number of allylic oxidation sites excluding steroid dienone is 2. The number of nitrogen functional groups attached to an aromatic ring is 1. The van der Waals surface area contributed by atoms with E-state index in [4.69, 9.17) is 22.1 Å². The van der Waals surface area contributed by atoms with Crippen molar-refractivity contribution < 1.29 is 23.5 Å². The Morgan fingerprint density at radius 2 is 1.98 bits per heavy atom. The molecule has 11 heteroatoms. The van der Waals surface area contributed by atoms with Gasteiger partial charge < -0.3 is 20.7 Å². The number of anilines is 3. The summed E-state index contributed by atoms with van der Waals surface area (Å²) in [6, 6.07) is 11.9. The summed E-state index contributed by atoms with van der Waals surface area (Å²) in [5.74, 6) is -1.71. The van der Waals surface area contributed by atoms with Crippen molar-refractivity contribution in [3.63, 3.8) is 0 Å². The third-order valence-corrected chi connectivity index (χ3v) is 8.28. The summed E-state index contributed by atoms with van der Waals surface area (Å²) >= 11 is 6.12. The van der Waals surface area contributed by atoms with Crippen LogP contribution in [0.2, 0.25) is 5.02 Å². The van der Waals surface area contributed by atoms with Gasteiger partial charge in [-0.3, -0.25) is 19.9 Å². The highest BCUT2D eigenvalue weighted by atomic mass is 35.5. The molecule has 1 aromatic heterocycles. The van der Waals surface area contributed by atoms with Crippen LogP contribution in [0.15, 0.2) is 60.8 Å². The Kier molecular flexibility index (Phi) is 7.32. The van der Waals surface area contributed by atoms with Crippen molar-refractivity contribution in [2.24, 2.45) is 0 Å². The molecule has 9 nitrogen and oxygen atoms in total. The molecule has 2 bridgehead atoms. The van der Waals surface area contributed by atoms with Crippen molar-refractivity contribution in [3.05, 3.63) is 82.9 Å². The molecule has 216 valence electrons. The summed E-state index contributed by atoms with van der Waals surface area (Å²) in [4.78, 5) is 45.6. The number of halogens is 2. The zero-order valence-corrected chi connectivity index (χ0v) is 23.4. The number of aromatic nitrogens is 1. The Morgan fingerprint density at radius 1 is 1.12 bits per heavy atom. The maximum Gasteiger partial charge on any atom is 0.412 e. The summed E-state index contributed by atoms with van der Waals surface area (Å²) in [5, 5.41) is 5.41. The lowest BCUT2D eigenvalue weighted by Gasteiger charge is -2.45. The number of likely N-dealkylation sites (tertiary alicyclic amines) is 1. The Bertz CT molecular complexity index is 1630. The molecule has 4 N–H and O–H groups in total. The van der Waals surface area contributed by atoms with E-state index in [0.29, 0.717) is 49.3 Å². The molecule has 4 heterocycles. The largest absolute Gasteiger partial charge is 0.436 e. The fraction of sp³-hybridized carbons (Fsp3) is 0.290. The van der Waals surface area contributed by atoms with Crippen molar-refractivity contribution in [2.75, 3.05) is 29.5 Å². The number of piperidine rings is 1. The zero-order chi connectivity index (χ0) is 29.4. The minimum absolute atomic E-state index is 0.0239. The first-order valence-corrected chi connectivity index (χ1v) is 14.2. The predicted molar refractivity (Wildman–Crippen MR) is 157 cm³/mol. The highest BCUT2D eigenvalue weighted by Gasteiger charge is 2.49. The molecule has 3 aliphatic heterocycles. The van der Waals surface area contributed by atoms with Crippen LogP contribution in [0.3, 0.4) is 0 Å². The molecular weight excluding hydrogens is 561 g/mol. The smallest absolute Gasteiger partial charge is 0.412 e. The summed E-state index contributed by atoms with van der Waals surface area (Å²) in [5.41, 5.74) is 8.23. The molecule has 3 aliphatic rings. The number of hydrogen-bond acceptors (Lipinski definition) is 6. The Hall–Kier alpha value is -4.44. The number of nitrogens with zero attached hydrogens (tertiary/aromatic N) is 2. The van der Waals surface area contributed by atoms with Crippen LogP contribution in [0.4, 0.5) is 26.2 Å². The molecule has 3 amide bonds. The topological polar surface area (TPSA) is 127 Å². The molecule has 2 atom stereocenters. The number of hydrogen-bond donors (Lipinski definition) is 3. The van der Waals surface area contributed by atoms with Crippen molar-refractivity contribution in [1.82, 2.24) is 9.88 Å². The van der Waals surface area contributed by atoms with Gasteiger partial charge in [0, 0.05) is 30.4 Å². The van der Waals surface area contributed by atoms with Crippen LogP contribution >= 0.6 is 11.6 Å². The molecule has 1 spiro atoms. The van der Waals surface area contributed by atoms with Gasteiger partial charge in [0.05, 0.1) is 40.1 Å². The van der Waals surface area contributed by atoms with E-state index in [0.717, 1.165) is 11.1 Å². The number of carbonyl (C=O) groups excluding carboxylic acids is 3. The second-order valence-electron chi connectivity index (χ2n) is 10.8. The predicted octanol–water partition coefficient (Wildman–Crippen LogP) is 5.97. The maximum atomic E-state index is 15.4. The molecule has 0 saturated carbocycles. The van der Waals surface area contributed by atoms with E-state index in [2.05, 4.69) is 15.6 Å². The molecule has 6 rings (SSSR count). The number of rotatable bonds is 1. The first-order chi connectivity index (χ1) is 20.2. The standard InChI is InChI=1S/C31H29ClFN5O4/c32-22-9-10-23-27(28(22)33)31(42-30(41)37-23)12-4-14-38(17-31)29(40)21-5-2-1-3-6-26(39)36-25-16-19(34)7-8-20(25)18-11-13-35-24(21)15-18/h1-2,7-11,13,15-16,21H,3-6,12,14,17,34H2,(H,36,39)(H,37,41)/b2-1-/t21-,31+/m1/s1. The molecule has 3 aromatic rings. The lowest BCUT2D eigenvalue weighted by Crippen LogP contribution is -2.54. The van der Waals surface area contributed by atoms with Crippen LogP contribution in [-0.2, 0) is 19.9 Å². The number of nitrogens with two attached hydrogens (primary N) is 1. The molecule has 0 radical (unpaired) electrons. The Balaban J connectivity index is 1.38. The minimum atomic E-state index is -1.38. The second-order valence-corrected chi connectivity index (χ2v) is 11.2. The average Bonchev–Trinajstić information content (AvgIpc) is 2.97. The summed E-state index contributed by atoms with van der Waals surface area (Å²) < 4.78 is 21.2. The number of amides is 3. The van der Waals surface area contributed by atoms with Crippen molar-refractivity contribution in [2.45, 2.75) is 43.6 Å². The molecule has 1 saturated heterocycles. The quantitative estimate of drug-likeness (QED) is 0.237. The number of ether oxygens (including phenoxy) is 1. The van der Waals surface area contributed by atoms with Gasteiger partial charge in [-0.2, -0.15) is 0 Å². The van der Waals surface area contributed by atoms with Gasteiger partial charge in [0.25, 0.3) is 0 Å². The molecule has 0 unspecified atom stereocenters. The van der Waals surface area contributed by atoms with E-state index in [1.54, 1.807) is 29.3 Å². The van der Waals surface area contributed by atoms with Crippen LogP contribution in [0.5, 0.6) is 0 Å². The van der Waals surface area contributed by atoms with Gasteiger partial charge in [-0.1, -0.05) is 29.8 Å². The molecule has 1 fully saturated rings. The fourth-order valence-electron chi connectivity index (χ4n) is 6.03. The molecule has 2 aromatic carbocycles. The van der Waals surface area contributed by atoms with E-state index < -0.39 is 23.4 Å². The van der Waals surface area contributed by atoms with Crippen LogP contribution < -0.4 is 16.4 Å². The summed E-state index contributed by atoms with van der Waals surface area (Å²) in [6.07, 6.45) is 6.61. The minimum Gasteiger partial charge on any atom is -0.436 e. The molecular formula is C31H29ClFN5O4. The van der Waals surface area contributed by atoms with Crippen molar-refractivity contribution in [1.29, 1.82) is 0 Å².